The van der Waals surface area contributed by atoms with Gasteiger partial charge in [0.05, 0.1) is 0 Å². The second kappa shape index (κ2) is 3.67. The molecule has 0 rings (SSSR count). The van der Waals surface area contributed by atoms with E-state index in [1.807, 2.05) is 0 Å². The molecule has 0 radical (unpaired) electrons. The van der Waals surface area contributed by atoms with Gasteiger partial charge in [0.2, 0.25) is 0 Å². The van der Waals surface area contributed by atoms with Crippen LogP contribution >= 0.6 is 0 Å². The van der Waals surface area contributed by atoms with Crippen LogP contribution in [0.2, 0.25) is 0 Å². The predicted octanol–water partition coefficient (Wildman–Crippen LogP) is -1.54. The summed E-state index contributed by atoms with van der Waals surface area (Å²) in [6, 6.07) is 0. The molecule has 0 fully saturated rings. The highest BCUT2D eigenvalue weighted by molar-refractivity contribution is 5.82. The minimum Gasteiger partial charge on any atom is -0.437 e. The number of primary amides is 1. The van der Waals surface area contributed by atoms with Crippen LogP contribution in [0, 0.1) is 0 Å². The first-order valence-corrected chi connectivity index (χ1v) is 2.54. The van der Waals surface area contributed by atoms with Crippen LogP contribution in [-0.4, -0.2) is 18.1 Å². The van der Waals surface area contributed by atoms with E-state index < -0.39 is 18.1 Å². The van der Waals surface area contributed by atoms with Gasteiger partial charge in [0.15, 0.2) is 6.10 Å². The lowest BCUT2D eigenvalue weighted by molar-refractivity contribution is -0.128. The van der Waals surface area contributed by atoms with Crippen LogP contribution in [0.5, 0.6) is 0 Å². The van der Waals surface area contributed by atoms with E-state index in [0.717, 1.165) is 0 Å². The molecule has 0 aromatic heterocycles. The molecule has 0 unspecified atom stereocenters. The van der Waals surface area contributed by atoms with Crippen molar-refractivity contribution in [3.8, 4) is 0 Å². The molecule has 0 saturated heterocycles. The highest BCUT2D eigenvalue weighted by Crippen LogP contribution is 1.87. The summed E-state index contributed by atoms with van der Waals surface area (Å²) in [5, 5.41) is 0. The summed E-state index contributed by atoms with van der Waals surface area (Å²) in [6.07, 6.45) is -1.95. The van der Waals surface area contributed by atoms with Gasteiger partial charge >= 0.3 is 6.09 Å². The average molecular weight is 147 g/mol. The molecule has 0 aliphatic heterocycles. The van der Waals surface area contributed by atoms with E-state index >= 15 is 0 Å². The van der Waals surface area contributed by atoms with Gasteiger partial charge in [-0.05, 0) is 6.92 Å². The summed E-state index contributed by atoms with van der Waals surface area (Å²) in [4.78, 5) is 20.5. The van der Waals surface area contributed by atoms with Crippen molar-refractivity contribution in [2.45, 2.75) is 13.0 Å². The number of nitrogens with two attached hydrogens (primary N) is 2. The van der Waals surface area contributed by atoms with E-state index in [9.17, 15) is 9.59 Å². The van der Waals surface area contributed by atoms with E-state index in [1.165, 1.54) is 6.92 Å². The highest BCUT2D eigenvalue weighted by atomic mass is 16.6. The Kier molecular flexibility index (Phi) is 3.20. The maximum atomic E-state index is 10.5. The van der Waals surface area contributed by atoms with Gasteiger partial charge in [-0.2, -0.15) is 0 Å². The highest BCUT2D eigenvalue weighted by Gasteiger charge is 2.13. The standard InChI is InChI=1S/C4H9N3O3/c1-2(3(8)7-6)10-4(5)9/h2H,6H2,1H3,(H2,5,9)(H,7,8)/t2-/m1/s1. The third-order valence-electron chi connectivity index (χ3n) is 0.804. The Morgan fingerprint density at radius 1 is 1.60 bits per heavy atom. The predicted molar refractivity (Wildman–Crippen MR) is 32.5 cm³/mol. The van der Waals surface area contributed by atoms with Crippen LogP contribution in [0.4, 0.5) is 4.79 Å². The molecule has 0 aliphatic carbocycles. The number of carbonyl (C=O) groups excluding carboxylic acids is 2. The Labute approximate surface area is 57.5 Å². The largest absolute Gasteiger partial charge is 0.437 e. The number of nitrogens with one attached hydrogen (secondary N) is 1. The van der Waals surface area contributed by atoms with E-state index in [1.54, 1.807) is 5.43 Å². The molecule has 0 aromatic carbocycles. The van der Waals surface area contributed by atoms with Gasteiger partial charge < -0.3 is 10.5 Å². The van der Waals surface area contributed by atoms with Gasteiger partial charge in [0.25, 0.3) is 5.91 Å². The molecule has 58 valence electrons. The first-order valence-electron chi connectivity index (χ1n) is 2.54. The Bertz CT molecular complexity index is 147. The summed E-state index contributed by atoms with van der Waals surface area (Å²) in [7, 11) is 0. The summed E-state index contributed by atoms with van der Waals surface area (Å²) >= 11 is 0. The number of hydrogen-bond donors (Lipinski definition) is 3. The van der Waals surface area contributed by atoms with Crippen LogP contribution in [0.1, 0.15) is 6.92 Å². The summed E-state index contributed by atoms with van der Waals surface area (Å²) in [6.45, 7) is 1.35. The molecule has 6 nitrogen and oxygen atoms in total. The molecule has 0 bridgehead atoms. The molecule has 2 amide bonds. The second-order valence-corrected chi connectivity index (χ2v) is 1.59. The summed E-state index contributed by atoms with van der Waals surface area (Å²) in [5.41, 5.74) is 6.40. The normalized spacial score (nSPS) is 11.8. The van der Waals surface area contributed by atoms with Crippen molar-refractivity contribution in [2.24, 2.45) is 11.6 Å². The van der Waals surface area contributed by atoms with E-state index in [2.05, 4.69) is 10.5 Å². The van der Waals surface area contributed by atoms with Crippen LogP contribution in [0.25, 0.3) is 0 Å². The van der Waals surface area contributed by atoms with E-state index in [0.29, 0.717) is 0 Å². The van der Waals surface area contributed by atoms with Gasteiger partial charge in [-0.15, -0.1) is 0 Å². The number of carbonyl (C=O) groups is 2. The maximum Gasteiger partial charge on any atom is 0.405 e. The lowest BCUT2D eigenvalue weighted by Gasteiger charge is -2.07. The van der Waals surface area contributed by atoms with Crippen LogP contribution in [0.3, 0.4) is 0 Å². The number of rotatable bonds is 2. The fourth-order valence-corrected chi connectivity index (χ4v) is 0.345. The first-order chi connectivity index (χ1) is 4.57. The molecule has 0 heterocycles. The molecule has 0 aromatic rings. The zero-order valence-corrected chi connectivity index (χ0v) is 5.46. The first kappa shape index (κ1) is 8.70. The fourth-order valence-electron chi connectivity index (χ4n) is 0.345. The van der Waals surface area contributed by atoms with Crippen molar-refractivity contribution in [3.63, 3.8) is 0 Å². The average Bonchev–Trinajstić information content (AvgIpc) is 1.85. The monoisotopic (exact) mass is 147 g/mol. The van der Waals surface area contributed by atoms with Gasteiger partial charge in [-0.3, -0.25) is 10.2 Å². The smallest absolute Gasteiger partial charge is 0.405 e. The van der Waals surface area contributed by atoms with Crippen molar-refractivity contribution in [1.82, 2.24) is 5.43 Å². The van der Waals surface area contributed by atoms with Crippen molar-refractivity contribution < 1.29 is 14.3 Å². The summed E-state index contributed by atoms with van der Waals surface area (Å²) in [5.74, 6) is 4.12. The van der Waals surface area contributed by atoms with Gasteiger partial charge in [-0.25, -0.2) is 10.6 Å². The minimum absolute atomic E-state index is 0.598. The lowest BCUT2D eigenvalue weighted by Crippen LogP contribution is -2.40. The molecule has 0 aliphatic rings. The zero-order valence-electron chi connectivity index (χ0n) is 5.46. The van der Waals surface area contributed by atoms with Crippen molar-refractivity contribution in [1.29, 1.82) is 0 Å². The van der Waals surface area contributed by atoms with Crippen molar-refractivity contribution >= 4 is 12.0 Å². The minimum atomic E-state index is -1.00. The van der Waals surface area contributed by atoms with E-state index in [4.69, 9.17) is 5.84 Å². The topological polar surface area (TPSA) is 107 Å². The van der Waals surface area contributed by atoms with Gasteiger partial charge in [0.1, 0.15) is 0 Å². The Morgan fingerprint density at radius 2 is 2.10 bits per heavy atom. The molecular weight excluding hydrogens is 138 g/mol. The molecule has 1 atom stereocenters. The number of hydrogen-bond acceptors (Lipinski definition) is 4. The number of hydrazine groups is 1. The fraction of sp³-hybridized carbons (Fsp3) is 0.500. The van der Waals surface area contributed by atoms with Gasteiger partial charge in [0, 0.05) is 0 Å². The van der Waals surface area contributed by atoms with Crippen LogP contribution < -0.4 is 17.0 Å². The lowest BCUT2D eigenvalue weighted by atomic mass is 10.4. The third-order valence-corrected chi connectivity index (χ3v) is 0.804. The van der Waals surface area contributed by atoms with Crippen LogP contribution in [0.15, 0.2) is 0 Å². The molecule has 10 heavy (non-hydrogen) atoms. The van der Waals surface area contributed by atoms with Gasteiger partial charge in [-0.1, -0.05) is 0 Å². The molecular formula is C4H9N3O3. The number of ether oxygens (including phenoxy) is 1. The molecule has 0 spiro atoms. The zero-order chi connectivity index (χ0) is 8.15. The van der Waals surface area contributed by atoms with Crippen LogP contribution in [-0.2, 0) is 9.53 Å². The molecule has 6 heteroatoms. The Hall–Kier alpha value is -1.30. The SMILES string of the molecule is C[C@@H](OC(N)=O)C(=O)NN. The third kappa shape index (κ3) is 2.88. The molecule has 0 saturated carbocycles. The number of amides is 2. The second-order valence-electron chi connectivity index (χ2n) is 1.59. The van der Waals surface area contributed by atoms with E-state index in [-0.39, 0.29) is 0 Å². The van der Waals surface area contributed by atoms with Crippen molar-refractivity contribution in [3.05, 3.63) is 0 Å². The maximum absolute atomic E-state index is 10.5. The Balaban J connectivity index is 3.72. The quantitative estimate of drug-likeness (QED) is 0.250. The van der Waals surface area contributed by atoms with Crippen molar-refractivity contribution in [2.75, 3.05) is 0 Å². The summed E-state index contributed by atoms with van der Waals surface area (Å²) < 4.78 is 4.25. The Morgan fingerprint density at radius 3 is 2.40 bits per heavy atom. The molecule has 5 N–H and O–H groups in total.